The molecule has 26 heavy (non-hydrogen) atoms. The summed E-state index contributed by atoms with van der Waals surface area (Å²) >= 11 is 0. The van der Waals surface area contributed by atoms with Crippen LogP contribution in [0.15, 0.2) is 29.4 Å². The summed E-state index contributed by atoms with van der Waals surface area (Å²) < 4.78 is 12.0. The summed E-state index contributed by atoms with van der Waals surface area (Å²) in [6.07, 6.45) is 5.70. The lowest BCUT2D eigenvalue weighted by molar-refractivity contribution is -0.188. The average molecular weight is 358 g/mol. The van der Waals surface area contributed by atoms with E-state index >= 15 is 0 Å². The Morgan fingerprint density at radius 1 is 1.38 bits per heavy atom. The molecule has 0 radical (unpaired) electrons. The quantitative estimate of drug-likeness (QED) is 0.664. The lowest BCUT2D eigenvalue weighted by atomic mass is 9.55. The third kappa shape index (κ3) is 3.15. The molecule has 1 saturated carbocycles. The van der Waals surface area contributed by atoms with Crippen molar-refractivity contribution < 1.29 is 9.47 Å². The Labute approximate surface area is 156 Å². The molecule has 1 aromatic heterocycles. The fourth-order valence-electron chi connectivity index (χ4n) is 4.86. The summed E-state index contributed by atoms with van der Waals surface area (Å²) in [5.74, 6) is 2.28. The molecule has 1 aliphatic carbocycles. The van der Waals surface area contributed by atoms with Gasteiger partial charge in [0.1, 0.15) is 6.10 Å². The highest BCUT2D eigenvalue weighted by Gasteiger charge is 2.58. The summed E-state index contributed by atoms with van der Waals surface area (Å²) in [5.41, 5.74) is 0.143. The Morgan fingerprint density at radius 3 is 3.04 bits per heavy atom. The lowest BCUT2D eigenvalue weighted by Gasteiger charge is -2.60. The number of rotatable bonds is 3. The number of ether oxygens (including phenoxy) is 2. The van der Waals surface area contributed by atoms with Crippen molar-refractivity contribution in [2.24, 2.45) is 16.3 Å². The van der Waals surface area contributed by atoms with Gasteiger partial charge in [-0.05, 0) is 18.9 Å². The largest absolute Gasteiger partial charge is 0.472 e. The zero-order chi connectivity index (χ0) is 18.1. The molecule has 3 fully saturated rings. The molecule has 1 N–H and O–H groups in total. The number of guanidine groups is 1. The molecule has 0 spiro atoms. The Balaban J connectivity index is 1.36. The number of fused-ring (bicyclic) bond motifs is 1. The van der Waals surface area contributed by atoms with Crippen molar-refractivity contribution in [1.29, 1.82) is 0 Å². The fraction of sp³-hybridized carbons (Fsp3) is 0.700. The van der Waals surface area contributed by atoms with Crippen LogP contribution < -0.4 is 10.1 Å². The summed E-state index contributed by atoms with van der Waals surface area (Å²) in [7, 11) is 1.87. The van der Waals surface area contributed by atoms with Gasteiger partial charge in [-0.25, -0.2) is 4.98 Å². The molecule has 4 atom stereocenters. The number of pyridine rings is 1. The molecule has 4 rings (SSSR count). The van der Waals surface area contributed by atoms with E-state index in [9.17, 15) is 0 Å². The molecular formula is C20H30N4O2. The van der Waals surface area contributed by atoms with Crippen molar-refractivity contribution in [3.63, 3.8) is 0 Å². The van der Waals surface area contributed by atoms with Gasteiger partial charge in [0.25, 0.3) is 0 Å². The van der Waals surface area contributed by atoms with E-state index in [1.807, 2.05) is 25.2 Å². The smallest absolute Gasteiger partial charge is 0.213 e. The van der Waals surface area contributed by atoms with E-state index in [0.717, 1.165) is 38.5 Å². The molecule has 4 unspecified atom stereocenters. The monoisotopic (exact) mass is 358 g/mol. The Hall–Kier alpha value is -1.82. The van der Waals surface area contributed by atoms with Crippen LogP contribution in [0.3, 0.4) is 0 Å². The van der Waals surface area contributed by atoms with Crippen molar-refractivity contribution in [2.45, 2.75) is 51.4 Å². The number of aliphatic imine (C=N–C) groups is 1. The van der Waals surface area contributed by atoms with Gasteiger partial charge in [-0.2, -0.15) is 0 Å². The summed E-state index contributed by atoms with van der Waals surface area (Å²) in [6, 6.07) is 6.19. The topological polar surface area (TPSA) is 59.0 Å². The fourth-order valence-corrected chi connectivity index (χ4v) is 4.86. The molecule has 142 valence electrons. The van der Waals surface area contributed by atoms with E-state index in [4.69, 9.17) is 9.47 Å². The molecule has 6 heteroatoms. The van der Waals surface area contributed by atoms with Crippen LogP contribution in [0.4, 0.5) is 0 Å². The predicted octanol–water partition coefficient (Wildman–Crippen LogP) is 2.31. The highest BCUT2D eigenvalue weighted by Crippen LogP contribution is 2.51. The highest BCUT2D eigenvalue weighted by atomic mass is 16.5. The second kappa shape index (κ2) is 7.06. The van der Waals surface area contributed by atoms with E-state index in [1.165, 1.54) is 6.42 Å². The molecule has 0 bridgehead atoms. The second-order valence-electron chi connectivity index (χ2n) is 8.23. The molecule has 0 amide bonds. The van der Waals surface area contributed by atoms with Gasteiger partial charge in [0.15, 0.2) is 5.96 Å². The zero-order valence-electron chi connectivity index (χ0n) is 16.0. The van der Waals surface area contributed by atoms with Crippen LogP contribution >= 0.6 is 0 Å². The van der Waals surface area contributed by atoms with Crippen LogP contribution in [0.1, 0.15) is 33.1 Å². The van der Waals surface area contributed by atoms with Gasteiger partial charge in [0.2, 0.25) is 5.88 Å². The molecule has 0 aromatic carbocycles. The first kappa shape index (κ1) is 17.6. The second-order valence-corrected chi connectivity index (χ2v) is 8.23. The van der Waals surface area contributed by atoms with E-state index in [0.29, 0.717) is 23.9 Å². The van der Waals surface area contributed by atoms with Gasteiger partial charge in [-0.15, -0.1) is 0 Å². The van der Waals surface area contributed by atoms with Crippen molar-refractivity contribution >= 4 is 5.96 Å². The van der Waals surface area contributed by atoms with Gasteiger partial charge < -0.3 is 19.7 Å². The van der Waals surface area contributed by atoms with E-state index < -0.39 is 0 Å². The molecule has 3 heterocycles. The van der Waals surface area contributed by atoms with Crippen LogP contribution in [0, 0.1) is 11.3 Å². The lowest BCUT2D eigenvalue weighted by Crippen LogP contribution is -2.71. The minimum atomic E-state index is 0.143. The maximum Gasteiger partial charge on any atom is 0.213 e. The van der Waals surface area contributed by atoms with Crippen molar-refractivity contribution in [2.75, 3.05) is 26.7 Å². The maximum atomic E-state index is 6.03. The molecule has 2 saturated heterocycles. The third-order valence-electron chi connectivity index (χ3n) is 6.20. The van der Waals surface area contributed by atoms with Gasteiger partial charge in [0, 0.05) is 56.3 Å². The predicted molar refractivity (Wildman–Crippen MR) is 101 cm³/mol. The molecular weight excluding hydrogens is 328 g/mol. The SMILES string of the molecule is CN=C(NC1C2CCCOC2C1(C)C)N1CCC(Oc2ccccn2)C1. The average Bonchev–Trinajstić information content (AvgIpc) is 3.11. The Morgan fingerprint density at radius 2 is 2.27 bits per heavy atom. The van der Waals surface area contributed by atoms with Crippen LogP contribution in [0.25, 0.3) is 0 Å². The summed E-state index contributed by atoms with van der Waals surface area (Å²) in [6.45, 7) is 7.32. The van der Waals surface area contributed by atoms with Crippen LogP contribution in [-0.4, -0.2) is 60.8 Å². The van der Waals surface area contributed by atoms with Crippen molar-refractivity contribution in [3.05, 3.63) is 24.4 Å². The third-order valence-corrected chi connectivity index (χ3v) is 6.20. The maximum absolute atomic E-state index is 6.03. The zero-order valence-corrected chi connectivity index (χ0v) is 16.0. The number of aromatic nitrogens is 1. The van der Waals surface area contributed by atoms with Crippen LogP contribution in [0.2, 0.25) is 0 Å². The number of nitrogens with zero attached hydrogens (tertiary/aromatic N) is 3. The minimum absolute atomic E-state index is 0.143. The number of nitrogens with one attached hydrogen (secondary N) is 1. The minimum Gasteiger partial charge on any atom is -0.472 e. The van der Waals surface area contributed by atoms with Crippen LogP contribution in [0.5, 0.6) is 5.88 Å². The number of likely N-dealkylation sites (tertiary alicyclic amines) is 1. The molecule has 3 aliphatic rings. The number of hydrogen-bond acceptors (Lipinski definition) is 4. The molecule has 1 aromatic rings. The van der Waals surface area contributed by atoms with Crippen molar-refractivity contribution in [1.82, 2.24) is 15.2 Å². The van der Waals surface area contributed by atoms with Gasteiger partial charge >= 0.3 is 0 Å². The van der Waals surface area contributed by atoms with E-state index in [-0.39, 0.29) is 11.5 Å². The van der Waals surface area contributed by atoms with Gasteiger partial charge in [0.05, 0.1) is 12.6 Å². The first-order valence-electron chi connectivity index (χ1n) is 9.77. The van der Waals surface area contributed by atoms with Gasteiger partial charge in [-0.1, -0.05) is 19.9 Å². The molecule has 6 nitrogen and oxygen atoms in total. The molecule has 2 aliphatic heterocycles. The van der Waals surface area contributed by atoms with E-state index in [2.05, 4.69) is 34.0 Å². The highest BCUT2D eigenvalue weighted by molar-refractivity contribution is 5.80. The summed E-state index contributed by atoms with van der Waals surface area (Å²) in [4.78, 5) is 11.1. The number of hydrogen-bond donors (Lipinski definition) is 1. The van der Waals surface area contributed by atoms with Crippen LogP contribution in [-0.2, 0) is 4.74 Å². The van der Waals surface area contributed by atoms with Gasteiger partial charge in [-0.3, -0.25) is 4.99 Å². The van der Waals surface area contributed by atoms with E-state index in [1.54, 1.807) is 6.20 Å². The Bertz CT molecular complexity index is 648. The normalized spacial score (nSPS) is 33.3. The standard InChI is InChI=1S/C20H30N4O2/c1-20(2)17(15-7-6-12-25-18(15)20)23-19(21-3)24-11-9-14(13-24)26-16-8-4-5-10-22-16/h4-5,8,10,14-15,17-18H,6-7,9,11-13H2,1-3H3,(H,21,23). The summed E-state index contributed by atoms with van der Waals surface area (Å²) in [5, 5.41) is 3.74. The van der Waals surface area contributed by atoms with Crippen molar-refractivity contribution in [3.8, 4) is 5.88 Å². The first-order chi connectivity index (χ1) is 12.6. The Kier molecular flexibility index (Phi) is 4.78. The first-order valence-corrected chi connectivity index (χ1v) is 9.77.